The molecule has 3 aromatic heterocycles. The van der Waals surface area contributed by atoms with Crippen LogP contribution in [0.3, 0.4) is 0 Å². The maximum atomic E-state index is 5.85. The third-order valence-corrected chi connectivity index (χ3v) is 3.61. The predicted octanol–water partition coefficient (Wildman–Crippen LogP) is 2.36. The maximum absolute atomic E-state index is 5.85. The van der Waals surface area contributed by atoms with Gasteiger partial charge in [0.25, 0.3) is 0 Å². The van der Waals surface area contributed by atoms with Gasteiger partial charge < -0.3 is 25.6 Å². The molecule has 0 aromatic carbocycles. The molecule has 0 fully saturated rings. The van der Waals surface area contributed by atoms with Crippen molar-refractivity contribution in [2.24, 2.45) is 21.8 Å². The molecule has 9 nitrogen and oxygen atoms in total. The number of amidine groups is 2. The number of nitrogens with two attached hydrogens (primary N) is 2. The van der Waals surface area contributed by atoms with Crippen LogP contribution in [0.5, 0.6) is 0 Å². The second kappa shape index (κ2) is 9.38. The first kappa shape index (κ1) is 20.7. The zero-order chi connectivity index (χ0) is 19.2. The molecule has 3 heterocycles. The van der Waals surface area contributed by atoms with Gasteiger partial charge in [-0.05, 0) is 36.4 Å². The molecular weight excluding hydrogens is 384 g/mol. The van der Waals surface area contributed by atoms with Crippen molar-refractivity contribution in [1.82, 2.24) is 9.97 Å². The summed E-state index contributed by atoms with van der Waals surface area (Å²) in [4.78, 5) is 18.0. The van der Waals surface area contributed by atoms with Gasteiger partial charge in [-0.1, -0.05) is 10.3 Å². The van der Waals surface area contributed by atoms with Crippen molar-refractivity contribution < 1.29 is 14.1 Å². The van der Waals surface area contributed by atoms with Gasteiger partial charge in [0.2, 0.25) is 0 Å². The van der Waals surface area contributed by atoms with Gasteiger partial charge >= 0.3 is 0 Å². The van der Waals surface area contributed by atoms with E-state index in [1.54, 1.807) is 36.7 Å². The van der Waals surface area contributed by atoms with E-state index in [4.69, 9.17) is 15.9 Å². The summed E-state index contributed by atoms with van der Waals surface area (Å²) in [5.74, 6) is 1.70. The molecule has 0 saturated heterocycles. The van der Waals surface area contributed by atoms with E-state index in [9.17, 15) is 0 Å². The number of halogens is 1. The summed E-state index contributed by atoms with van der Waals surface area (Å²) in [6.07, 6.45) is 3.20. The highest BCUT2D eigenvalue weighted by Gasteiger charge is 2.10. The van der Waals surface area contributed by atoms with E-state index >= 15 is 0 Å². The molecule has 28 heavy (non-hydrogen) atoms. The molecule has 146 valence electrons. The Morgan fingerprint density at radius 3 is 1.54 bits per heavy atom. The highest BCUT2D eigenvalue weighted by molar-refractivity contribution is 5.97. The minimum Gasteiger partial charge on any atom is -0.453 e. The lowest BCUT2D eigenvalue weighted by atomic mass is 10.2. The van der Waals surface area contributed by atoms with E-state index in [2.05, 4.69) is 30.0 Å². The van der Waals surface area contributed by atoms with E-state index in [0.29, 0.717) is 34.0 Å². The quantitative estimate of drug-likeness (QED) is 0.367. The predicted molar refractivity (Wildman–Crippen MR) is 108 cm³/mol. The van der Waals surface area contributed by atoms with Gasteiger partial charge in [-0.15, -0.1) is 12.4 Å². The average Bonchev–Trinajstić information content (AvgIpc) is 3.19. The van der Waals surface area contributed by atoms with Crippen LogP contribution in [-0.4, -0.2) is 35.9 Å². The van der Waals surface area contributed by atoms with Crippen molar-refractivity contribution in [2.75, 3.05) is 14.2 Å². The highest BCUT2D eigenvalue weighted by atomic mass is 35.5. The molecule has 0 bridgehead atoms. The summed E-state index contributed by atoms with van der Waals surface area (Å²) in [5, 5.41) is 7.34. The summed E-state index contributed by atoms with van der Waals surface area (Å²) in [6, 6.07) is 10.8. The minimum absolute atomic E-state index is 0. The first-order valence-corrected chi connectivity index (χ1v) is 7.89. The Hall–Kier alpha value is -3.59. The van der Waals surface area contributed by atoms with Gasteiger partial charge in [0, 0.05) is 23.5 Å². The first-order valence-electron chi connectivity index (χ1n) is 7.89. The molecule has 0 aliphatic carbocycles. The second-order valence-electron chi connectivity index (χ2n) is 5.35. The van der Waals surface area contributed by atoms with Crippen LogP contribution in [-0.2, 0) is 9.68 Å². The fourth-order valence-corrected chi connectivity index (χ4v) is 2.30. The van der Waals surface area contributed by atoms with Crippen molar-refractivity contribution >= 4 is 24.1 Å². The Balaban J connectivity index is 0.00000280. The lowest BCUT2D eigenvalue weighted by Gasteiger charge is -2.02. The summed E-state index contributed by atoms with van der Waals surface area (Å²) < 4.78 is 5.85. The molecule has 0 saturated carbocycles. The van der Waals surface area contributed by atoms with Crippen LogP contribution in [0.1, 0.15) is 11.1 Å². The number of oxime groups is 2. The zero-order valence-electron chi connectivity index (χ0n) is 15.2. The van der Waals surface area contributed by atoms with Crippen molar-refractivity contribution in [1.29, 1.82) is 0 Å². The SMILES string of the molecule is CON=C(N)c1ccc(-c2ccc(-c3ccc(C(N)=NOC)cn3)o2)nc1.Cl. The molecule has 0 unspecified atom stereocenters. The van der Waals surface area contributed by atoms with E-state index in [0.717, 1.165) is 0 Å². The standard InChI is InChI=1S/C18H18N6O3.ClH/c1-25-23-17(19)11-3-5-13(21-9-11)15-7-8-16(27-15)14-6-4-12(10-22-14)18(20)24-26-2;/h3-10H,1-2H3,(H2,19,23)(H2,20,24);1H. The second-order valence-corrected chi connectivity index (χ2v) is 5.35. The smallest absolute Gasteiger partial charge is 0.171 e. The van der Waals surface area contributed by atoms with Crippen molar-refractivity contribution in [3.8, 4) is 22.9 Å². The molecule has 0 spiro atoms. The van der Waals surface area contributed by atoms with E-state index in [1.165, 1.54) is 14.2 Å². The average molecular weight is 403 g/mol. The summed E-state index contributed by atoms with van der Waals surface area (Å²) in [6.45, 7) is 0. The molecular formula is C18H19ClN6O3. The number of aromatic nitrogens is 2. The minimum atomic E-state index is 0. The zero-order valence-corrected chi connectivity index (χ0v) is 16.0. The fourth-order valence-electron chi connectivity index (χ4n) is 2.30. The summed E-state index contributed by atoms with van der Waals surface area (Å²) in [7, 11) is 2.86. The van der Waals surface area contributed by atoms with Crippen LogP contribution in [0.25, 0.3) is 22.9 Å². The highest BCUT2D eigenvalue weighted by Crippen LogP contribution is 2.26. The number of hydrogen-bond acceptors (Lipinski definition) is 7. The maximum Gasteiger partial charge on any atom is 0.171 e. The van der Waals surface area contributed by atoms with Crippen molar-refractivity contribution in [2.45, 2.75) is 0 Å². The number of pyridine rings is 2. The largest absolute Gasteiger partial charge is 0.453 e. The van der Waals surface area contributed by atoms with Crippen molar-refractivity contribution in [3.63, 3.8) is 0 Å². The lowest BCUT2D eigenvalue weighted by molar-refractivity contribution is 0.213. The van der Waals surface area contributed by atoms with Crippen molar-refractivity contribution in [3.05, 3.63) is 59.9 Å². The van der Waals surface area contributed by atoms with Gasteiger partial charge in [-0.25, -0.2) is 0 Å². The molecule has 3 rings (SSSR count). The third kappa shape index (κ3) is 4.57. The van der Waals surface area contributed by atoms with Crippen LogP contribution in [0, 0.1) is 0 Å². The van der Waals surface area contributed by atoms with Crippen LogP contribution in [0.4, 0.5) is 0 Å². The molecule has 3 aromatic rings. The number of furan rings is 1. The van der Waals surface area contributed by atoms with Crippen LogP contribution < -0.4 is 11.5 Å². The number of rotatable bonds is 6. The van der Waals surface area contributed by atoms with Crippen LogP contribution in [0.15, 0.2) is 63.5 Å². The molecule has 0 radical (unpaired) electrons. The van der Waals surface area contributed by atoms with E-state index in [1.807, 2.05) is 12.1 Å². The number of hydrogen-bond donors (Lipinski definition) is 2. The fraction of sp³-hybridized carbons (Fsp3) is 0.111. The molecule has 0 aliphatic heterocycles. The van der Waals surface area contributed by atoms with Crippen LogP contribution in [0.2, 0.25) is 0 Å². The lowest BCUT2D eigenvalue weighted by Crippen LogP contribution is -2.13. The third-order valence-electron chi connectivity index (χ3n) is 3.61. The first-order chi connectivity index (χ1) is 13.1. The van der Waals surface area contributed by atoms with Gasteiger partial charge in [-0.3, -0.25) is 9.97 Å². The summed E-state index contributed by atoms with van der Waals surface area (Å²) >= 11 is 0. The summed E-state index contributed by atoms with van der Waals surface area (Å²) in [5.41, 5.74) is 14.1. The molecule has 0 aliphatic rings. The Labute approximate surface area is 167 Å². The number of nitrogens with zero attached hydrogens (tertiary/aromatic N) is 4. The molecule has 10 heteroatoms. The van der Waals surface area contributed by atoms with E-state index < -0.39 is 0 Å². The Bertz CT molecular complexity index is 890. The van der Waals surface area contributed by atoms with Gasteiger partial charge in [-0.2, -0.15) is 0 Å². The normalized spacial score (nSPS) is 11.6. The molecule has 0 atom stereocenters. The Kier molecular flexibility index (Phi) is 6.94. The monoisotopic (exact) mass is 402 g/mol. The van der Waals surface area contributed by atoms with Crippen LogP contribution >= 0.6 is 12.4 Å². The van der Waals surface area contributed by atoms with E-state index in [-0.39, 0.29) is 24.1 Å². The van der Waals surface area contributed by atoms with Gasteiger partial charge in [0.15, 0.2) is 23.2 Å². The topological polar surface area (TPSA) is 134 Å². The Morgan fingerprint density at radius 1 is 0.786 bits per heavy atom. The molecule has 4 N–H and O–H groups in total. The Morgan fingerprint density at radius 2 is 1.21 bits per heavy atom. The van der Waals surface area contributed by atoms with Gasteiger partial charge in [0.05, 0.1) is 0 Å². The molecule has 0 amide bonds. The van der Waals surface area contributed by atoms with Gasteiger partial charge in [0.1, 0.15) is 25.6 Å².